The molecule has 0 aliphatic rings. The highest BCUT2D eigenvalue weighted by Crippen LogP contribution is 2.23. The van der Waals surface area contributed by atoms with E-state index in [0.29, 0.717) is 17.1 Å². The second kappa shape index (κ2) is 6.39. The minimum Gasteiger partial charge on any atom is -0.443 e. The molecule has 0 saturated heterocycles. The van der Waals surface area contributed by atoms with Crippen molar-refractivity contribution < 1.29 is 9.21 Å². The summed E-state index contributed by atoms with van der Waals surface area (Å²) < 4.78 is 7.16. The quantitative estimate of drug-likeness (QED) is 0.582. The molecule has 0 radical (unpaired) electrons. The van der Waals surface area contributed by atoms with Gasteiger partial charge in [-0.3, -0.25) is 4.79 Å². The fraction of sp³-hybridized carbons (Fsp3) is 0.190. The van der Waals surface area contributed by atoms with Gasteiger partial charge in [0, 0.05) is 17.3 Å². The summed E-state index contributed by atoms with van der Waals surface area (Å²) in [6.07, 6.45) is 6.71. The molecule has 3 aromatic heterocycles. The third-order valence-corrected chi connectivity index (χ3v) is 4.42. The van der Waals surface area contributed by atoms with Crippen LogP contribution in [0, 0.1) is 0 Å². The van der Waals surface area contributed by atoms with Crippen molar-refractivity contribution in [1.82, 2.24) is 14.4 Å². The molecule has 0 unspecified atom stereocenters. The second-order valence-electron chi connectivity index (χ2n) is 7.46. The number of nitrogens with zero attached hydrogens (tertiary/aromatic N) is 3. The summed E-state index contributed by atoms with van der Waals surface area (Å²) >= 11 is 0. The maximum absolute atomic E-state index is 12.5. The first kappa shape index (κ1) is 17.0. The number of benzene rings is 1. The third kappa shape index (κ3) is 3.46. The predicted octanol–water partition coefficient (Wildman–Crippen LogP) is 4.54. The van der Waals surface area contributed by atoms with Crippen LogP contribution in [0.2, 0.25) is 0 Å². The molecule has 1 amide bonds. The molecule has 6 heteroatoms. The van der Waals surface area contributed by atoms with E-state index in [1.165, 1.54) is 12.0 Å². The Kier molecular flexibility index (Phi) is 4.03. The zero-order valence-corrected chi connectivity index (χ0v) is 15.4. The van der Waals surface area contributed by atoms with Gasteiger partial charge >= 0.3 is 0 Å². The number of pyridine rings is 1. The molecular formula is C21H20N4O2. The summed E-state index contributed by atoms with van der Waals surface area (Å²) in [5.74, 6) is 0.985. The van der Waals surface area contributed by atoms with Gasteiger partial charge in [0.05, 0.1) is 12.4 Å². The summed E-state index contributed by atoms with van der Waals surface area (Å²) in [6, 6.07) is 11.4. The molecule has 3 heterocycles. The summed E-state index contributed by atoms with van der Waals surface area (Å²) in [4.78, 5) is 20.9. The molecule has 0 spiro atoms. The van der Waals surface area contributed by atoms with Gasteiger partial charge in [0.2, 0.25) is 0 Å². The minimum absolute atomic E-state index is 0.0534. The van der Waals surface area contributed by atoms with Crippen molar-refractivity contribution in [3.63, 3.8) is 0 Å². The van der Waals surface area contributed by atoms with Crippen LogP contribution >= 0.6 is 0 Å². The number of carbonyl (C=O) groups excluding carboxylic acids is 1. The molecule has 27 heavy (non-hydrogen) atoms. The fourth-order valence-electron chi connectivity index (χ4n) is 2.87. The lowest BCUT2D eigenvalue weighted by Gasteiger charge is -2.18. The van der Waals surface area contributed by atoms with Crippen LogP contribution in [-0.2, 0) is 5.41 Å². The van der Waals surface area contributed by atoms with E-state index >= 15 is 0 Å². The van der Waals surface area contributed by atoms with Crippen LogP contribution in [-0.4, -0.2) is 20.3 Å². The third-order valence-electron chi connectivity index (χ3n) is 4.42. The maximum atomic E-state index is 12.5. The Labute approximate surface area is 156 Å². The van der Waals surface area contributed by atoms with E-state index in [-0.39, 0.29) is 11.3 Å². The first-order chi connectivity index (χ1) is 12.9. The number of carbonyl (C=O) groups is 1. The number of rotatable bonds is 3. The van der Waals surface area contributed by atoms with E-state index in [1.54, 1.807) is 12.4 Å². The van der Waals surface area contributed by atoms with Crippen LogP contribution < -0.4 is 5.32 Å². The van der Waals surface area contributed by atoms with Gasteiger partial charge in [0.25, 0.3) is 5.91 Å². The minimum atomic E-state index is -0.186. The van der Waals surface area contributed by atoms with Gasteiger partial charge in [-0.25, -0.2) is 9.97 Å². The number of fused-ring (bicyclic) bond motifs is 1. The Morgan fingerprint density at radius 2 is 1.85 bits per heavy atom. The number of aromatic nitrogens is 3. The molecule has 1 N–H and O–H groups in total. The predicted molar refractivity (Wildman–Crippen MR) is 104 cm³/mol. The zero-order chi connectivity index (χ0) is 19.0. The van der Waals surface area contributed by atoms with Gasteiger partial charge in [0.1, 0.15) is 5.65 Å². The number of hydrogen-bond donors (Lipinski definition) is 1. The fourth-order valence-corrected chi connectivity index (χ4v) is 2.87. The normalized spacial score (nSPS) is 11.7. The standard InChI is InChI=1S/C21H20N4O2/c1-21(2,3)16-7-4-14(5-8-16)20(26)24-18-12-25-11-15(6-9-19(25)23-18)17-10-22-13-27-17/h4-13H,1-3H3,(H,24,26). The van der Waals surface area contributed by atoms with Crippen molar-refractivity contribution in [2.45, 2.75) is 26.2 Å². The van der Waals surface area contributed by atoms with Crippen LogP contribution in [0.25, 0.3) is 17.0 Å². The van der Waals surface area contributed by atoms with E-state index in [2.05, 4.69) is 36.1 Å². The van der Waals surface area contributed by atoms with Gasteiger partial charge in [0.15, 0.2) is 18.0 Å². The first-order valence-electron chi connectivity index (χ1n) is 8.70. The summed E-state index contributed by atoms with van der Waals surface area (Å²) in [7, 11) is 0. The molecule has 0 aliphatic heterocycles. The highest BCUT2D eigenvalue weighted by Gasteiger charge is 2.15. The largest absolute Gasteiger partial charge is 0.443 e. The lowest BCUT2D eigenvalue weighted by molar-refractivity contribution is 0.102. The molecular weight excluding hydrogens is 340 g/mol. The van der Waals surface area contributed by atoms with Crippen LogP contribution in [0.3, 0.4) is 0 Å². The van der Waals surface area contributed by atoms with Gasteiger partial charge in [-0.2, -0.15) is 0 Å². The van der Waals surface area contributed by atoms with Gasteiger partial charge < -0.3 is 14.1 Å². The molecule has 0 fully saturated rings. The Morgan fingerprint density at radius 1 is 1.07 bits per heavy atom. The van der Waals surface area contributed by atoms with Crippen molar-refractivity contribution >= 4 is 17.4 Å². The number of oxazole rings is 1. The van der Waals surface area contributed by atoms with Crippen molar-refractivity contribution in [1.29, 1.82) is 0 Å². The first-order valence-corrected chi connectivity index (χ1v) is 8.70. The molecule has 0 bridgehead atoms. The van der Waals surface area contributed by atoms with Gasteiger partial charge in [-0.05, 0) is 35.2 Å². The second-order valence-corrected chi connectivity index (χ2v) is 7.46. The zero-order valence-electron chi connectivity index (χ0n) is 15.4. The van der Waals surface area contributed by atoms with Gasteiger partial charge in [-0.1, -0.05) is 32.9 Å². The molecule has 136 valence electrons. The van der Waals surface area contributed by atoms with Gasteiger partial charge in [-0.15, -0.1) is 0 Å². The molecule has 0 saturated carbocycles. The lowest BCUT2D eigenvalue weighted by atomic mass is 9.87. The van der Waals surface area contributed by atoms with E-state index in [9.17, 15) is 4.79 Å². The average molecular weight is 360 g/mol. The smallest absolute Gasteiger partial charge is 0.256 e. The number of anilines is 1. The number of imidazole rings is 1. The molecule has 4 aromatic rings. The Morgan fingerprint density at radius 3 is 2.52 bits per heavy atom. The van der Waals surface area contributed by atoms with E-state index in [0.717, 1.165) is 11.2 Å². The summed E-state index contributed by atoms with van der Waals surface area (Å²) in [5, 5.41) is 2.85. The summed E-state index contributed by atoms with van der Waals surface area (Å²) in [6.45, 7) is 6.43. The monoisotopic (exact) mass is 360 g/mol. The van der Waals surface area contributed by atoms with Crippen molar-refractivity contribution in [3.05, 3.63) is 72.5 Å². The lowest BCUT2D eigenvalue weighted by Crippen LogP contribution is -2.14. The number of amides is 1. The Balaban J connectivity index is 1.55. The Bertz CT molecular complexity index is 1090. The molecule has 4 rings (SSSR count). The van der Waals surface area contributed by atoms with E-state index in [1.807, 2.05) is 47.0 Å². The van der Waals surface area contributed by atoms with Crippen LogP contribution in [0.1, 0.15) is 36.7 Å². The Hall–Kier alpha value is -3.41. The summed E-state index contributed by atoms with van der Waals surface area (Å²) in [5.41, 5.74) is 3.46. The van der Waals surface area contributed by atoms with Crippen LogP contribution in [0.15, 0.2) is 65.8 Å². The number of nitrogens with one attached hydrogen (secondary N) is 1. The number of hydrogen-bond acceptors (Lipinski definition) is 4. The SMILES string of the molecule is CC(C)(C)c1ccc(C(=O)Nc2cn3cc(-c4cnco4)ccc3n2)cc1. The molecule has 6 nitrogen and oxygen atoms in total. The highest BCUT2D eigenvalue weighted by molar-refractivity contribution is 6.03. The topological polar surface area (TPSA) is 72.4 Å². The van der Waals surface area contributed by atoms with E-state index < -0.39 is 0 Å². The maximum Gasteiger partial charge on any atom is 0.256 e. The average Bonchev–Trinajstić information content (AvgIpc) is 3.29. The highest BCUT2D eigenvalue weighted by atomic mass is 16.3. The van der Waals surface area contributed by atoms with Crippen LogP contribution in [0.4, 0.5) is 5.82 Å². The van der Waals surface area contributed by atoms with Crippen molar-refractivity contribution in [2.75, 3.05) is 5.32 Å². The van der Waals surface area contributed by atoms with Crippen molar-refractivity contribution in [2.24, 2.45) is 0 Å². The molecule has 1 aromatic carbocycles. The van der Waals surface area contributed by atoms with Crippen LogP contribution in [0.5, 0.6) is 0 Å². The van der Waals surface area contributed by atoms with Crippen molar-refractivity contribution in [3.8, 4) is 11.3 Å². The van der Waals surface area contributed by atoms with E-state index in [4.69, 9.17) is 4.42 Å². The molecule has 0 aliphatic carbocycles. The molecule has 0 atom stereocenters.